The Balaban J connectivity index is 2.16. The zero-order chi connectivity index (χ0) is 18.1. The van der Waals surface area contributed by atoms with E-state index in [1.807, 2.05) is 0 Å². The summed E-state index contributed by atoms with van der Waals surface area (Å²) in [6.45, 7) is 1.63. The molecule has 0 radical (unpaired) electrons. The summed E-state index contributed by atoms with van der Waals surface area (Å²) in [4.78, 5) is 26.8. The molecular formula is C17H10Cl2N2O4. The van der Waals surface area contributed by atoms with E-state index in [9.17, 15) is 14.9 Å². The average Bonchev–Trinajstić information content (AvgIpc) is 2.54. The van der Waals surface area contributed by atoms with Gasteiger partial charge in [0.1, 0.15) is 0 Å². The van der Waals surface area contributed by atoms with Gasteiger partial charge in [0.2, 0.25) is 5.89 Å². The van der Waals surface area contributed by atoms with Crippen molar-refractivity contribution in [3.63, 3.8) is 0 Å². The van der Waals surface area contributed by atoms with E-state index in [0.717, 1.165) is 0 Å². The third kappa shape index (κ3) is 3.55. The van der Waals surface area contributed by atoms with Crippen LogP contribution in [0.15, 0.2) is 51.7 Å². The molecule has 8 heteroatoms. The average molecular weight is 377 g/mol. The van der Waals surface area contributed by atoms with Crippen LogP contribution in [-0.2, 0) is 0 Å². The van der Waals surface area contributed by atoms with Gasteiger partial charge in [0.25, 0.3) is 5.69 Å². The van der Waals surface area contributed by atoms with Crippen LogP contribution in [0.1, 0.15) is 5.56 Å². The lowest BCUT2D eigenvalue weighted by atomic mass is 10.1. The summed E-state index contributed by atoms with van der Waals surface area (Å²) in [6, 6.07) is 10.5. The SMILES string of the molecule is Cc1ccc(-c2cc(=O)oc(-c3ccc(Cl)cc3Cl)n2)cc1[N+](=O)[O-]. The highest BCUT2D eigenvalue weighted by Gasteiger charge is 2.16. The minimum atomic E-state index is -0.644. The molecule has 3 aromatic rings. The van der Waals surface area contributed by atoms with Crippen LogP contribution in [0.4, 0.5) is 5.69 Å². The maximum absolute atomic E-state index is 11.9. The van der Waals surface area contributed by atoms with Gasteiger partial charge in [-0.05, 0) is 25.1 Å². The largest absolute Gasteiger partial charge is 0.403 e. The predicted octanol–water partition coefficient (Wildman–Crippen LogP) is 4.89. The van der Waals surface area contributed by atoms with Crippen molar-refractivity contribution in [2.24, 2.45) is 0 Å². The van der Waals surface area contributed by atoms with Crippen LogP contribution in [0.3, 0.4) is 0 Å². The van der Waals surface area contributed by atoms with E-state index in [1.54, 1.807) is 31.2 Å². The smallest absolute Gasteiger partial charge is 0.339 e. The fourth-order valence-corrected chi connectivity index (χ4v) is 2.78. The molecule has 6 nitrogen and oxygen atoms in total. The summed E-state index contributed by atoms with van der Waals surface area (Å²) < 4.78 is 5.12. The Morgan fingerprint density at radius 2 is 1.88 bits per heavy atom. The lowest BCUT2D eigenvalue weighted by molar-refractivity contribution is -0.385. The van der Waals surface area contributed by atoms with Crippen LogP contribution in [0.25, 0.3) is 22.7 Å². The first-order chi connectivity index (χ1) is 11.8. The second-order valence-corrected chi connectivity index (χ2v) is 6.09. The van der Waals surface area contributed by atoms with Crippen LogP contribution in [0, 0.1) is 17.0 Å². The zero-order valence-electron chi connectivity index (χ0n) is 12.8. The second-order valence-electron chi connectivity index (χ2n) is 5.25. The van der Waals surface area contributed by atoms with Gasteiger partial charge >= 0.3 is 5.63 Å². The molecule has 0 unspecified atom stereocenters. The number of benzene rings is 2. The molecule has 1 aromatic heterocycles. The quantitative estimate of drug-likeness (QED) is 0.479. The monoisotopic (exact) mass is 376 g/mol. The number of aryl methyl sites for hydroxylation is 1. The molecule has 0 spiro atoms. The van der Waals surface area contributed by atoms with E-state index >= 15 is 0 Å². The Hall–Kier alpha value is -2.70. The maximum Gasteiger partial charge on any atom is 0.339 e. The third-order valence-corrected chi connectivity index (χ3v) is 4.08. The number of rotatable bonds is 3. The highest BCUT2D eigenvalue weighted by Crippen LogP contribution is 2.31. The summed E-state index contributed by atoms with van der Waals surface area (Å²) in [6.07, 6.45) is 0. The number of nitro groups is 1. The van der Waals surface area contributed by atoms with Crippen molar-refractivity contribution in [1.82, 2.24) is 4.98 Å². The van der Waals surface area contributed by atoms with E-state index in [-0.39, 0.29) is 22.3 Å². The molecule has 3 rings (SSSR count). The Morgan fingerprint density at radius 3 is 2.56 bits per heavy atom. The van der Waals surface area contributed by atoms with E-state index in [2.05, 4.69) is 4.98 Å². The van der Waals surface area contributed by atoms with Gasteiger partial charge in [0.05, 0.1) is 27.3 Å². The summed E-state index contributed by atoms with van der Waals surface area (Å²) in [5, 5.41) is 11.8. The molecule has 0 aliphatic carbocycles. The molecule has 25 heavy (non-hydrogen) atoms. The Kier molecular flexibility index (Phi) is 4.57. The summed E-state index contributed by atoms with van der Waals surface area (Å²) in [5.41, 5.74) is 0.883. The van der Waals surface area contributed by atoms with E-state index in [4.69, 9.17) is 27.6 Å². The lowest BCUT2D eigenvalue weighted by Crippen LogP contribution is -2.02. The van der Waals surface area contributed by atoms with Crippen LogP contribution in [0.2, 0.25) is 10.0 Å². The molecule has 0 atom stereocenters. The molecule has 0 bridgehead atoms. The minimum Gasteiger partial charge on any atom is -0.403 e. The van der Waals surface area contributed by atoms with Crippen LogP contribution in [-0.4, -0.2) is 9.91 Å². The molecule has 0 N–H and O–H groups in total. The molecular weight excluding hydrogens is 367 g/mol. The van der Waals surface area contributed by atoms with E-state index in [0.29, 0.717) is 21.7 Å². The number of nitro benzene ring substituents is 1. The van der Waals surface area contributed by atoms with Gasteiger partial charge < -0.3 is 4.42 Å². The fourth-order valence-electron chi connectivity index (χ4n) is 2.29. The summed E-state index contributed by atoms with van der Waals surface area (Å²) in [5.74, 6) is 0.00685. The van der Waals surface area contributed by atoms with Gasteiger partial charge in [0.15, 0.2) is 0 Å². The van der Waals surface area contributed by atoms with Crippen molar-refractivity contribution in [1.29, 1.82) is 0 Å². The first-order valence-electron chi connectivity index (χ1n) is 7.08. The predicted molar refractivity (Wildman–Crippen MR) is 95.1 cm³/mol. The van der Waals surface area contributed by atoms with Crippen LogP contribution in [0.5, 0.6) is 0 Å². The van der Waals surface area contributed by atoms with Gasteiger partial charge in [-0.1, -0.05) is 35.3 Å². The highest BCUT2D eigenvalue weighted by atomic mass is 35.5. The van der Waals surface area contributed by atoms with Crippen molar-refractivity contribution in [2.45, 2.75) is 6.92 Å². The lowest BCUT2D eigenvalue weighted by Gasteiger charge is -2.06. The number of nitrogens with zero attached hydrogens (tertiary/aromatic N) is 2. The van der Waals surface area contributed by atoms with Crippen molar-refractivity contribution < 1.29 is 9.34 Å². The highest BCUT2D eigenvalue weighted by molar-refractivity contribution is 6.36. The molecule has 0 amide bonds. The van der Waals surface area contributed by atoms with Crippen molar-refractivity contribution in [3.05, 3.63) is 78.6 Å². The fraction of sp³-hybridized carbons (Fsp3) is 0.0588. The topological polar surface area (TPSA) is 86.2 Å². The molecule has 0 aliphatic heterocycles. The summed E-state index contributed by atoms with van der Waals surface area (Å²) in [7, 11) is 0. The molecule has 126 valence electrons. The second kappa shape index (κ2) is 6.66. The van der Waals surface area contributed by atoms with Crippen molar-refractivity contribution >= 4 is 28.9 Å². The van der Waals surface area contributed by atoms with Crippen molar-refractivity contribution in [2.75, 3.05) is 0 Å². The van der Waals surface area contributed by atoms with Gasteiger partial charge in [-0.25, -0.2) is 9.78 Å². The molecule has 0 aliphatic rings. The van der Waals surface area contributed by atoms with Crippen LogP contribution >= 0.6 is 23.2 Å². The van der Waals surface area contributed by atoms with Gasteiger partial charge in [-0.15, -0.1) is 0 Å². The Morgan fingerprint density at radius 1 is 1.12 bits per heavy atom. The number of aromatic nitrogens is 1. The normalized spacial score (nSPS) is 10.7. The number of hydrogen-bond donors (Lipinski definition) is 0. The molecule has 2 aromatic carbocycles. The number of hydrogen-bond acceptors (Lipinski definition) is 5. The van der Waals surface area contributed by atoms with E-state index < -0.39 is 10.5 Å². The Labute approximate surface area is 151 Å². The zero-order valence-corrected chi connectivity index (χ0v) is 14.3. The maximum atomic E-state index is 11.9. The Bertz CT molecular complexity index is 1050. The van der Waals surface area contributed by atoms with Crippen LogP contribution < -0.4 is 5.63 Å². The molecule has 0 saturated carbocycles. The summed E-state index contributed by atoms with van der Waals surface area (Å²) >= 11 is 12.0. The van der Waals surface area contributed by atoms with E-state index in [1.165, 1.54) is 18.2 Å². The molecule has 1 heterocycles. The van der Waals surface area contributed by atoms with Gasteiger partial charge in [-0.2, -0.15) is 0 Å². The first kappa shape index (κ1) is 17.1. The minimum absolute atomic E-state index is 0.00685. The van der Waals surface area contributed by atoms with Crippen molar-refractivity contribution in [3.8, 4) is 22.7 Å². The first-order valence-corrected chi connectivity index (χ1v) is 7.84. The number of halogens is 2. The van der Waals surface area contributed by atoms with Gasteiger partial charge in [-0.3, -0.25) is 10.1 Å². The third-order valence-electron chi connectivity index (χ3n) is 3.54. The molecule has 0 fully saturated rings. The molecule has 0 saturated heterocycles. The van der Waals surface area contributed by atoms with Gasteiger partial charge in [0, 0.05) is 22.2 Å². The standard InChI is InChI=1S/C17H10Cl2N2O4/c1-9-2-3-10(6-15(9)21(23)24)14-8-16(22)25-17(20-14)12-5-4-11(18)7-13(12)19/h2-8H,1H3.